The number of unbranched alkanes of at least 4 members (excludes halogenated alkanes) is 5. The van der Waals surface area contributed by atoms with Gasteiger partial charge < -0.3 is 0 Å². The van der Waals surface area contributed by atoms with Gasteiger partial charge in [-0.3, -0.25) is 4.68 Å². The summed E-state index contributed by atoms with van der Waals surface area (Å²) >= 11 is 12.8. The molecule has 1 atom stereocenters. The first-order valence-electron chi connectivity index (χ1n) is 8.34. The van der Waals surface area contributed by atoms with Crippen molar-refractivity contribution in [3.05, 3.63) is 15.9 Å². The predicted octanol–water partition coefficient (Wildman–Crippen LogP) is 6.54. The molecular formula is C17H30Cl2N2. The van der Waals surface area contributed by atoms with E-state index in [0.717, 1.165) is 18.4 Å². The second-order valence-corrected chi connectivity index (χ2v) is 7.12. The maximum absolute atomic E-state index is 6.47. The Morgan fingerprint density at radius 3 is 1.95 bits per heavy atom. The summed E-state index contributed by atoms with van der Waals surface area (Å²) in [6.45, 7) is 6.79. The van der Waals surface area contributed by atoms with Gasteiger partial charge in [-0.2, -0.15) is 5.10 Å². The molecule has 0 bridgehead atoms. The van der Waals surface area contributed by atoms with Gasteiger partial charge in [-0.15, -0.1) is 0 Å². The molecule has 0 aliphatic carbocycles. The van der Waals surface area contributed by atoms with Gasteiger partial charge in [0.25, 0.3) is 0 Å². The number of nitrogens with zero attached hydrogens (tertiary/aromatic N) is 2. The monoisotopic (exact) mass is 332 g/mol. The minimum absolute atomic E-state index is 0.0470. The van der Waals surface area contributed by atoms with Gasteiger partial charge in [-0.25, -0.2) is 0 Å². The van der Waals surface area contributed by atoms with Gasteiger partial charge >= 0.3 is 0 Å². The second kappa shape index (κ2) is 9.05. The van der Waals surface area contributed by atoms with Crippen LogP contribution in [0.25, 0.3) is 0 Å². The third kappa shape index (κ3) is 5.17. The van der Waals surface area contributed by atoms with Crippen LogP contribution in [0, 0.1) is 0 Å². The third-order valence-electron chi connectivity index (χ3n) is 4.45. The van der Waals surface area contributed by atoms with E-state index in [4.69, 9.17) is 23.2 Å². The van der Waals surface area contributed by atoms with Crippen LogP contribution < -0.4 is 0 Å². The topological polar surface area (TPSA) is 17.8 Å². The third-order valence-corrected chi connectivity index (χ3v) is 5.15. The van der Waals surface area contributed by atoms with Crippen LogP contribution in [0.2, 0.25) is 10.3 Å². The Labute approximate surface area is 140 Å². The lowest BCUT2D eigenvalue weighted by Gasteiger charge is -2.30. The van der Waals surface area contributed by atoms with Crippen LogP contribution in [-0.2, 0) is 12.5 Å². The number of rotatable bonds is 10. The molecule has 1 aromatic heterocycles. The molecule has 1 heterocycles. The van der Waals surface area contributed by atoms with E-state index in [9.17, 15) is 0 Å². The zero-order valence-electron chi connectivity index (χ0n) is 14.0. The maximum atomic E-state index is 6.47. The summed E-state index contributed by atoms with van der Waals surface area (Å²) in [5, 5.41) is 5.58. The lowest BCUT2D eigenvalue weighted by Crippen LogP contribution is -2.22. The molecule has 0 aromatic carbocycles. The van der Waals surface area contributed by atoms with Crippen molar-refractivity contribution in [2.75, 3.05) is 0 Å². The number of hydrogen-bond donors (Lipinski definition) is 0. The van der Waals surface area contributed by atoms with E-state index in [-0.39, 0.29) is 5.41 Å². The predicted molar refractivity (Wildman–Crippen MR) is 93.5 cm³/mol. The van der Waals surface area contributed by atoms with Crippen molar-refractivity contribution >= 4 is 23.2 Å². The van der Waals surface area contributed by atoms with E-state index in [2.05, 4.69) is 25.9 Å². The molecule has 0 saturated heterocycles. The lowest BCUT2D eigenvalue weighted by molar-refractivity contribution is 0.366. The quantitative estimate of drug-likeness (QED) is 0.445. The van der Waals surface area contributed by atoms with Gasteiger partial charge in [0.2, 0.25) is 0 Å². The minimum Gasteiger partial charge on any atom is -0.255 e. The molecule has 0 radical (unpaired) electrons. The van der Waals surface area contributed by atoms with E-state index in [1.54, 1.807) is 4.68 Å². The average Bonchev–Trinajstić information content (AvgIpc) is 2.69. The Bertz CT molecular complexity index is 429. The number of hydrogen-bond acceptors (Lipinski definition) is 1. The van der Waals surface area contributed by atoms with Gasteiger partial charge in [0.15, 0.2) is 5.15 Å². The van der Waals surface area contributed by atoms with Crippen LogP contribution in [-0.4, -0.2) is 9.78 Å². The fraction of sp³-hybridized carbons (Fsp3) is 0.824. The SMILES string of the molecule is CCCCCCC(C)(CCCCC)c1c(Cl)nn(C)c1Cl. The Hall–Kier alpha value is -0.210. The Kier molecular flexibility index (Phi) is 8.12. The van der Waals surface area contributed by atoms with Gasteiger partial charge in [0.1, 0.15) is 5.15 Å². The van der Waals surface area contributed by atoms with Crippen molar-refractivity contribution in [1.29, 1.82) is 0 Å². The highest BCUT2D eigenvalue weighted by molar-refractivity contribution is 6.35. The number of aromatic nitrogens is 2. The summed E-state index contributed by atoms with van der Waals surface area (Å²) in [5.41, 5.74) is 1.10. The van der Waals surface area contributed by atoms with Crippen LogP contribution >= 0.6 is 23.2 Å². The lowest BCUT2D eigenvalue weighted by atomic mass is 9.75. The first kappa shape index (κ1) is 18.8. The summed E-state index contributed by atoms with van der Waals surface area (Å²) in [5.74, 6) is 0. The molecule has 122 valence electrons. The highest BCUT2D eigenvalue weighted by atomic mass is 35.5. The van der Waals surface area contributed by atoms with Crippen molar-refractivity contribution < 1.29 is 0 Å². The zero-order valence-corrected chi connectivity index (χ0v) is 15.5. The van der Waals surface area contributed by atoms with Crippen molar-refractivity contribution in [2.45, 2.75) is 84.0 Å². The molecular weight excluding hydrogens is 303 g/mol. The van der Waals surface area contributed by atoms with Crippen LogP contribution in [0.1, 0.15) is 84.1 Å². The molecule has 0 fully saturated rings. The van der Waals surface area contributed by atoms with Gasteiger partial charge in [0, 0.05) is 12.6 Å². The molecule has 4 heteroatoms. The standard InChI is InChI=1S/C17H30Cl2N2/c1-5-7-9-11-13-17(3,12-10-8-6-2)14-15(18)20-21(4)16(14)19/h5-13H2,1-4H3. The van der Waals surface area contributed by atoms with E-state index >= 15 is 0 Å². The first-order valence-corrected chi connectivity index (χ1v) is 9.10. The molecule has 1 rings (SSSR count). The van der Waals surface area contributed by atoms with Crippen LogP contribution in [0.4, 0.5) is 0 Å². The fourth-order valence-electron chi connectivity index (χ4n) is 3.05. The fourth-order valence-corrected chi connectivity index (χ4v) is 3.89. The van der Waals surface area contributed by atoms with Crippen LogP contribution in [0.15, 0.2) is 0 Å². The van der Waals surface area contributed by atoms with Crippen molar-refractivity contribution in [3.63, 3.8) is 0 Å². The van der Waals surface area contributed by atoms with E-state index < -0.39 is 0 Å². The van der Waals surface area contributed by atoms with Gasteiger partial charge in [0.05, 0.1) is 0 Å². The highest BCUT2D eigenvalue weighted by Crippen LogP contribution is 2.42. The molecule has 1 aromatic rings. The normalized spacial score (nSPS) is 14.4. The summed E-state index contributed by atoms with van der Waals surface area (Å²) in [4.78, 5) is 0. The van der Waals surface area contributed by atoms with Gasteiger partial charge in [-0.05, 0) is 18.3 Å². The van der Waals surface area contributed by atoms with Crippen molar-refractivity contribution in [2.24, 2.45) is 7.05 Å². The van der Waals surface area contributed by atoms with Crippen molar-refractivity contribution in [1.82, 2.24) is 9.78 Å². The molecule has 0 saturated carbocycles. The van der Waals surface area contributed by atoms with E-state index in [0.29, 0.717) is 10.3 Å². The van der Waals surface area contributed by atoms with E-state index in [1.807, 2.05) is 7.05 Å². The molecule has 0 N–H and O–H groups in total. The molecule has 0 aliphatic rings. The molecule has 0 aliphatic heterocycles. The van der Waals surface area contributed by atoms with Crippen LogP contribution in [0.5, 0.6) is 0 Å². The Morgan fingerprint density at radius 1 is 0.952 bits per heavy atom. The smallest absolute Gasteiger partial charge is 0.156 e. The Balaban J connectivity index is 2.88. The van der Waals surface area contributed by atoms with E-state index in [1.165, 1.54) is 44.9 Å². The summed E-state index contributed by atoms with van der Waals surface area (Å²) in [6, 6.07) is 0. The number of halogens is 2. The average molecular weight is 333 g/mol. The molecule has 0 spiro atoms. The first-order chi connectivity index (χ1) is 9.96. The molecule has 2 nitrogen and oxygen atoms in total. The number of aryl methyl sites for hydroxylation is 1. The van der Waals surface area contributed by atoms with Crippen molar-refractivity contribution in [3.8, 4) is 0 Å². The molecule has 1 unspecified atom stereocenters. The zero-order chi connectivity index (χ0) is 15.9. The summed E-state index contributed by atoms with van der Waals surface area (Å²) in [6.07, 6.45) is 11.1. The largest absolute Gasteiger partial charge is 0.255 e. The Morgan fingerprint density at radius 2 is 1.48 bits per heavy atom. The minimum atomic E-state index is 0.0470. The summed E-state index contributed by atoms with van der Waals surface area (Å²) < 4.78 is 1.70. The molecule has 0 amide bonds. The second-order valence-electron chi connectivity index (χ2n) is 6.41. The maximum Gasteiger partial charge on any atom is 0.156 e. The van der Waals surface area contributed by atoms with Crippen LogP contribution in [0.3, 0.4) is 0 Å². The molecule has 21 heavy (non-hydrogen) atoms. The summed E-state index contributed by atoms with van der Waals surface area (Å²) in [7, 11) is 1.86. The highest BCUT2D eigenvalue weighted by Gasteiger charge is 2.33. The van der Waals surface area contributed by atoms with Gasteiger partial charge in [-0.1, -0.05) is 88.9 Å².